The first-order valence-corrected chi connectivity index (χ1v) is 24.6. The number of nitrogens with two attached hydrogens (primary N) is 1. The molecule has 0 aliphatic heterocycles. The Kier molecular flexibility index (Phi) is 14.8. The van der Waals surface area contributed by atoms with Crippen molar-refractivity contribution in [3.8, 4) is 28.3 Å². The van der Waals surface area contributed by atoms with Gasteiger partial charge in [-0.25, -0.2) is 26.4 Å². The van der Waals surface area contributed by atoms with Crippen molar-refractivity contribution >= 4 is 61.0 Å². The van der Waals surface area contributed by atoms with E-state index < -0.39 is 68.0 Å². The normalized spacial score (nSPS) is 19.8. The van der Waals surface area contributed by atoms with Gasteiger partial charge in [0.05, 0.1) is 36.6 Å². The average molecular weight is 995 g/mol. The van der Waals surface area contributed by atoms with Crippen LogP contribution in [-0.4, -0.2) is 86.8 Å². The van der Waals surface area contributed by atoms with Crippen LogP contribution in [-0.2, 0) is 39.1 Å². The van der Waals surface area contributed by atoms with E-state index in [-0.39, 0.29) is 28.5 Å². The topological polar surface area (TPSA) is 210 Å². The minimum Gasteiger partial charge on any atom is -0.468 e. The zero-order valence-electron chi connectivity index (χ0n) is 36.6. The predicted molar refractivity (Wildman–Crippen MR) is 258 cm³/mol. The number of esters is 2. The third-order valence-corrected chi connectivity index (χ3v) is 16.4. The van der Waals surface area contributed by atoms with Crippen molar-refractivity contribution in [2.45, 2.75) is 45.5 Å². The Morgan fingerprint density at radius 3 is 1.31 bits per heavy atom. The van der Waals surface area contributed by atoms with Crippen LogP contribution in [0.25, 0.3) is 22.3 Å². The number of methoxy groups -OCH3 is 2. The summed E-state index contributed by atoms with van der Waals surface area (Å²) in [5, 5.41) is 22.8. The summed E-state index contributed by atoms with van der Waals surface area (Å²) in [5.74, 6) is -2.59. The van der Waals surface area contributed by atoms with E-state index in [4.69, 9.17) is 38.4 Å². The van der Waals surface area contributed by atoms with Gasteiger partial charge in [-0.05, 0) is 94.8 Å². The second-order valence-corrected chi connectivity index (χ2v) is 20.6. The van der Waals surface area contributed by atoms with Crippen LogP contribution in [0.15, 0.2) is 173 Å². The Morgan fingerprint density at radius 1 is 0.632 bits per heavy atom. The van der Waals surface area contributed by atoms with Crippen LogP contribution in [0.5, 0.6) is 0 Å². The molecular weight excluding hydrogens is 950 g/mol. The molecule has 4 atom stereocenters. The number of nitriles is 1. The van der Waals surface area contributed by atoms with Gasteiger partial charge in [-0.2, -0.15) is 13.9 Å². The molecule has 0 spiro atoms. The van der Waals surface area contributed by atoms with Gasteiger partial charge < -0.3 is 20.4 Å². The number of carbonyl (C=O) groups excluding carboxylic acids is 2. The van der Waals surface area contributed by atoms with E-state index in [9.17, 15) is 36.9 Å². The van der Waals surface area contributed by atoms with E-state index in [1.807, 2.05) is 91.0 Å². The van der Waals surface area contributed by atoms with E-state index >= 15 is 0 Å². The number of halogens is 2. The summed E-state index contributed by atoms with van der Waals surface area (Å²) in [5.41, 5.74) is 7.72. The predicted octanol–water partition coefficient (Wildman–Crippen LogP) is 8.46. The number of benzene rings is 6. The van der Waals surface area contributed by atoms with Gasteiger partial charge in [0.25, 0.3) is 0 Å². The summed E-state index contributed by atoms with van der Waals surface area (Å²) in [6.07, 6.45) is 0.442. The van der Waals surface area contributed by atoms with E-state index in [0.717, 1.165) is 42.0 Å². The van der Waals surface area contributed by atoms with Crippen molar-refractivity contribution in [3.05, 3.63) is 179 Å². The number of nitrogens with zero attached hydrogens (tertiary/aromatic N) is 4. The fraction of sp³-hybridized carbons (Fsp3) is 0.200. The molecule has 6 aromatic carbocycles. The second kappa shape index (κ2) is 20.3. The minimum absolute atomic E-state index is 0.00236. The number of hydrogen-bond acceptors (Lipinski definition) is 11. The molecule has 8 rings (SSSR count). The molecule has 0 heterocycles. The van der Waals surface area contributed by atoms with Crippen molar-refractivity contribution < 1.29 is 41.1 Å². The highest BCUT2D eigenvalue weighted by Gasteiger charge is 2.69. The smallest absolute Gasteiger partial charge is 0.328 e. The molecule has 14 nitrogen and oxygen atoms in total. The molecule has 3 N–H and O–H groups in total. The SMILES string of the molecule is COC(=O)C1(N(CC#N)S(=O)(=O)c2ccc(-c3ccc(Cl)cc3)cc2)CC1c1ccccc1.COC(=O)C1(N(CC(N)=NO)S(=O)(=O)c2ccc(-c3ccc(Cl)cc3)cc2)CC1c1ccccc1. The molecule has 0 amide bonds. The summed E-state index contributed by atoms with van der Waals surface area (Å²) >= 11 is 11.9. The number of rotatable bonds is 15. The Balaban J connectivity index is 0.000000202. The lowest BCUT2D eigenvalue weighted by Crippen LogP contribution is -2.52. The summed E-state index contributed by atoms with van der Waals surface area (Å²) in [7, 11) is -6.00. The number of carbonyl (C=O) groups is 2. The standard InChI is InChI=1S/C25H24ClN3O5S.C25H21ClN2O4S/c1-34-24(30)25(15-22(25)19-5-3-2-4-6-19)29(16-23(27)28-31)35(32,33)21-13-9-18(10-14-21)17-7-11-20(26)12-8-17;1-32-24(29)25(17-23(25)20-5-3-2-4-6-20)28(16-15-27)33(30,31)22-13-9-19(10-14-22)18-7-11-21(26)12-8-18/h2-14,22,31H,15-16H2,1H3,(H2,27,28);2-14,23H,16-17H2,1H3. The average Bonchev–Trinajstić information content (AvgIpc) is 4.30. The van der Waals surface area contributed by atoms with Gasteiger partial charge in [0.15, 0.2) is 5.84 Å². The van der Waals surface area contributed by atoms with E-state index in [2.05, 4.69) is 5.16 Å². The van der Waals surface area contributed by atoms with Gasteiger partial charge in [0.2, 0.25) is 20.0 Å². The van der Waals surface area contributed by atoms with Crippen LogP contribution in [0.1, 0.15) is 35.8 Å². The number of amidine groups is 1. The van der Waals surface area contributed by atoms with Crippen molar-refractivity contribution in [2.24, 2.45) is 10.9 Å². The summed E-state index contributed by atoms with van der Waals surface area (Å²) in [6.45, 7) is -0.962. The van der Waals surface area contributed by atoms with Crippen molar-refractivity contribution in [1.82, 2.24) is 8.61 Å². The maximum absolute atomic E-state index is 13.9. The lowest BCUT2D eigenvalue weighted by Gasteiger charge is -2.30. The Hall–Kier alpha value is -6.58. The third kappa shape index (κ3) is 9.72. The van der Waals surface area contributed by atoms with Gasteiger partial charge in [-0.1, -0.05) is 138 Å². The number of sulfonamides is 2. The molecule has 18 heteroatoms. The first kappa shape index (κ1) is 49.3. The molecule has 0 radical (unpaired) electrons. The maximum atomic E-state index is 13.9. The van der Waals surface area contributed by atoms with Crippen molar-refractivity contribution in [1.29, 1.82) is 5.26 Å². The van der Waals surface area contributed by atoms with E-state index in [1.165, 1.54) is 38.5 Å². The zero-order chi connectivity index (χ0) is 48.9. The molecule has 0 aromatic heterocycles. The molecule has 2 aliphatic carbocycles. The monoisotopic (exact) mass is 993 g/mol. The molecule has 350 valence electrons. The van der Waals surface area contributed by atoms with Gasteiger partial charge in [-0.15, -0.1) is 0 Å². The van der Waals surface area contributed by atoms with Gasteiger partial charge in [0, 0.05) is 21.9 Å². The van der Waals surface area contributed by atoms with Gasteiger partial charge in [0.1, 0.15) is 17.6 Å². The highest BCUT2D eigenvalue weighted by atomic mass is 35.5. The quantitative estimate of drug-likeness (QED) is 0.0249. The first-order valence-electron chi connectivity index (χ1n) is 21.0. The van der Waals surface area contributed by atoms with Crippen molar-refractivity contribution in [3.63, 3.8) is 0 Å². The molecule has 0 saturated heterocycles. The molecule has 2 aliphatic rings. The highest BCUT2D eigenvalue weighted by Crippen LogP contribution is 2.59. The number of hydrogen-bond donors (Lipinski definition) is 2. The fourth-order valence-corrected chi connectivity index (χ4v) is 12.2. The van der Waals surface area contributed by atoms with Crippen LogP contribution < -0.4 is 5.73 Å². The maximum Gasteiger partial charge on any atom is 0.328 e. The van der Waals surface area contributed by atoms with Crippen LogP contribution in [0.3, 0.4) is 0 Å². The molecule has 68 heavy (non-hydrogen) atoms. The van der Waals surface area contributed by atoms with Gasteiger partial charge in [-0.3, -0.25) is 0 Å². The number of ether oxygens (including phenoxy) is 2. The fourth-order valence-electron chi connectivity index (χ4n) is 8.52. The van der Waals surface area contributed by atoms with Crippen LogP contribution in [0.4, 0.5) is 0 Å². The molecule has 2 fully saturated rings. The second-order valence-electron chi connectivity index (χ2n) is 16.0. The lowest BCUT2D eigenvalue weighted by molar-refractivity contribution is -0.147. The van der Waals surface area contributed by atoms with E-state index in [1.54, 1.807) is 48.5 Å². The molecular formula is C50H45Cl2N5O9S2. The summed E-state index contributed by atoms with van der Waals surface area (Å²) in [6, 6.07) is 47.2. The summed E-state index contributed by atoms with van der Waals surface area (Å²) < 4.78 is 67.1. The zero-order valence-corrected chi connectivity index (χ0v) is 39.8. The van der Waals surface area contributed by atoms with Crippen LogP contribution in [0.2, 0.25) is 10.0 Å². The molecule has 2 saturated carbocycles. The Morgan fingerprint density at radius 2 is 0.971 bits per heavy atom. The highest BCUT2D eigenvalue weighted by molar-refractivity contribution is 7.89. The third-order valence-electron chi connectivity index (χ3n) is 12.1. The molecule has 6 aromatic rings. The first-order chi connectivity index (χ1) is 32.6. The van der Waals surface area contributed by atoms with Gasteiger partial charge >= 0.3 is 11.9 Å². The summed E-state index contributed by atoms with van der Waals surface area (Å²) in [4.78, 5) is 25.9. The molecule has 0 bridgehead atoms. The minimum atomic E-state index is -4.26. The Labute approximate surface area is 404 Å². The van der Waals surface area contributed by atoms with E-state index in [0.29, 0.717) is 10.0 Å². The Bertz CT molecular complexity index is 3070. The molecule has 4 unspecified atom stereocenters. The van der Waals surface area contributed by atoms with Crippen LogP contribution >= 0.6 is 23.2 Å². The van der Waals surface area contributed by atoms with Crippen molar-refractivity contribution in [2.75, 3.05) is 27.3 Å². The lowest BCUT2D eigenvalue weighted by atomic mass is 10.1. The largest absolute Gasteiger partial charge is 0.468 e. The van der Waals surface area contributed by atoms with Crippen LogP contribution in [0, 0.1) is 11.3 Å². The number of oxime groups is 1.